The first-order valence-electron chi connectivity index (χ1n) is 14.9. The zero-order valence-electron chi connectivity index (χ0n) is 28.8. The zero-order chi connectivity index (χ0) is 33.6. The summed E-state index contributed by atoms with van der Waals surface area (Å²) in [6.45, 7) is 26.8. The van der Waals surface area contributed by atoms with Crippen molar-refractivity contribution in [1.82, 2.24) is 19.6 Å². The van der Waals surface area contributed by atoms with E-state index in [0.717, 1.165) is 5.56 Å². The number of nitrogens with zero attached hydrogens (tertiary/aromatic N) is 4. The Bertz CT molecular complexity index is 1610. The van der Waals surface area contributed by atoms with Gasteiger partial charge in [-0.2, -0.15) is 0 Å². The summed E-state index contributed by atoms with van der Waals surface area (Å²) in [6.07, 6.45) is -0.643. The molecule has 1 aromatic carbocycles. The molecular weight excluding hydrogens is 639 g/mol. The maximum atomic E-state index is 14.0. The number of ether oxygens (including phenoxy) is 2. The van der Waals surface area contributed by atoms with Crippen molar-refractivity contribution >= 4 is 55.0 Å². The van der Waals surface area contributed by atoms with Crippen LogP contribution in [0.1, 0.15) is 107 Å². The number of hydrogen-bond donors (Lipinski definition) is 0. The number of rotatable bonds is 7. The van der Waals surface area contributed by atoms with Gasteiger partial charge in [0.25, 0.3) is 0 Å². The van der Waals surface area contributed by atoms with E-state index in [1.165, 1.54) is 9.36 Å². The molecule has 1 unspecified atom stereocenters. The van der Waals surface area contributed by atoms with Gasteiger partial charge in [-0.25, -0.2) is 0 Å². The van der Waals surface area contributed by atoms with Gasteiger partial charge in [-0.15, -0.1) is 0 Å². The van der Waals surface area contributed by atoms with Gasteiger partial charge < -0.3 is 0 Å². The third kappa shape index (κ3) is 8.70. The number of aryl methyl sites for hydroxylation is 1. The molecule has 3 aromatic rings. The van der Waals surface area contributed by atoms with Crippen molar-refractivity contribution in [1.29, 1.82) is 0 Å². The van der Waals surface area contributed by atoms with Gasteiger partial charge in [-0.3, -0.25) is 0 Å². The van der Waals surface area contributed by atoms with Crippen LogP contribution in [0.15, 0.2) is 29.1 Å². The summed E-state index contributed by atoms with van der Waals surface area (Å²) >= 11 is -3.17. The maximum absolute atomic E-state index is 14.0. The second-order valence-corrected chi connectivity index (χ2v) is 21.9. The SMILES string of the molecule is Cc1cc([As](C(=O)OC(C)(C)C)c2nn(C(C)C)c(=O)c3cc(C(C)(C)O[SiH2]C(C)(C)C)ccc23)nn1C(=O)OC(C)(C)C. The molecule has 2 heterocycles. The second-order valence-electron chi connectivity index (χ2n) is 15.1. The summed E-state index contributed by atoms with van der Waals surface area (Å²) in [5, 5.41) is 10.5. The molecular formula is C32H49AsN4O6Si. The molecule has 12 heteroatoms. The third-order valence-corrected chi connectivity index (χ3v) is 12.1. The number of fused-ring (bicyclic) bond motifs is 1. The van der Waals surface area contributed by atoms with E-state index < -0.39 is 52.1 Å². The van der Waals surface area contributed by atoms with Gasteiger partial charge in [0.2, 0.25) is 0 Å². The Balaban J connectivity index is 2.32. The predicted octanol–water partition coefficient (Wildman–Crippen LogP) is 4.95. The summed E-state index contributed by atoms with van der Waals surface area (Å²) in [5.74, 6) is 0. The van der Waals surface area contributed by atoms with E-state index in [1.54, 1.807) is 54.5 Å². The normalized spacial score (nSPS) is 14.1. The van der Waals surface area contributed by atoms with Gasteiger partial charge in [0.15, 0.2) is 0 Å². The molecule has 0 aliphatic heterocycles. The van der Waals surface area contributed by atoms with Crippen LogP contribution >= 0.6 is 0 Å². The molecule has 0 bridgehead atoms. The van der Waals surface area contributed by atoms with Crippen LogP contribution in [0.5, 0.6) is 0 Å². The van der Waals surface area contributed by atoms with Gasteiger partial charge in [0.1, 0.15) is 0 Å². The first-order valence-corrected chi connectivity index (χ1v) is 19.0. The van der Waals surface area contributed by atoms with Gasteiger partial charge in [0.05, 0.1) is 0 Å². The molecule has 0 saturated carbocycles. The van der Waals surface area contributed by atoms with E-state index in [2.05, 4.69) is 25.9 Å². The average molecular weight is 689 g/mol. The molecule has 0 N–H and O–H groups in total. The van der Waals surface area contributed by atoms with Gasteiger partial charge >= 0.3 is 269 Å². The van der Waals surface area contributed by atoms with Crippen molar-refractivity contribution in [3.8, 4) is 0 Å². The van der Waals surface area contributed by atoms with E-state index in [1.807, 2.05) is 45.9 Å². The zero-order valence-corrected chi connectivity index (χ0v) is 32.1. The van der Waals surface area contributed by atoms with Crippen LogP contribution in [-0.4, -0.2) is 66.0 Å². The molecule has 0 radical (unpaired) electrons. The van der Waals surface area contributed by atoms with Crippen molar-refractivity contribution in [2.24, 2.45) is 0 Å². The molecule has 0 aliphatic rings. The minimum atomic E-state index is -3.17. The molecule has 0 fully saturated rings. The third-order valence-electron chi connectivity index (χ3n) is 6.41. The molecule has 0 saturated heterocycles. The molecule has 242 valence electrons. The summed E-state index contributed by atoms with van der Waals surface area (Å²) in [6, 6.07) is 7.10. The fraction of sp³-hybridized carbons (Fsp3) is 0.594. The van der Waals surface area contributed by atoms with Crippen LogP contribution in [0.2, 0.25) is 5.04 Å². The Kier molecular flexibility index (Phi) is 10.2. The summed E-state index contributed by atoms with van der Waals surface area (Å²) in [7, 11) is -0.881. The monoisotopic (exact) mass is 688 g/mol. The molecule has 2 aromatic heterocycles. The van der Waals surface area contributed by atoms with E-state index in [0.29, 0.717) is 25.4 Å². The first kappa shape index (κ1) is 35.7. The van der Waals surface area contributed by atoms with Crippen molar-refractivity contribution in [3.63, 3.8) is 0 Å². The van der Waals surface area contributed by atoms with E-state index in [4.69, 9.17) is 19.0 Å². The molecule has 0 amide bonds. The number of carbonyl (C=O) groups is 2. The minimum absolute atomic E-state index is 0.100. The number of carbonyl (C=O) groups excluding carboxylic acids is 2. The molecule has 0 spiro atoms. The van der Waals surface area contributed by atoms with Crippen LogP contribution in [0.3, 0.4) is 0 Å². The summed E-state index contributed by atoms with van der Waals surface area (Å²) in [5.41, 5.74) is -0.986. The predicted molar refractivity (Wildman–Crippen MR) is 179 cm³/mol. The quantitative estimate of drug-likeness (QED) is 0.321. The van der Waals surface area contributed by atoms with Crippen molar-refractivity contribution in [2.45, 2.75) is 125 Å². The molecule has 0 aliphatic carbocycles. The van der Waals surface area contributed by atoms with Crippen LogP contribution < -0.4 is 14.5 Å². The van der Waals surface area contributed by atoms with E-state index in [9.17, 15) is 14.4 Å². The van der Waals surface area contributed by atoms with Crippen molar-refractivity contribution in [2.75, 3.05) is 0 Å². The fourth-order valence-electron chi connectivity index (χ4n) is 4.26. The Hall–Kier alpha value is -2.75. The Morgan fingerprint density at radius 1 is 0.864 bits per heavy atom. The number of aromatic nitrogens is 4. The van der Waals surface area contributed by atoms with Crippen molar-refractivity contribution < 1.29 is 23.5 Å². The van der Waals surface area contributed by atoms with Crippen LogP contribution in [-0.2, 0) is 19.5 Å². The Labute approximate surface area is 268 Å². The van der Waals surface area contributed by atoms with Gasteiger partial charge in [0, 0.05) is 0 Å². The van der Waals surface area contributed by atoms with Crippen LogP contribution in [0.4, 0.5) is 9.59 Å². The standard InChI is InChI=1S/C32H49AsN4O6Si/c1-19(2)36-26(38)23-18-21(32(13,14)43-44-31(10,11)12)15-16-22(23)25(35-36)33(27(39)41-29(4,5)6)24-17-20(3)37(34-24)28(40)42-30(7,8)9/h15-19H,44H2,1-14H3. The molecule has 10 nitrogen and oxygen atoms in total. The first-order chi connectivity index (χ1) is 19.9. The topological polar surface area (TPSA) is 115 Å². The molecule has 1 atom stereocenters. The summed E-state index contributed by atoms with van der Waals surface area (Å²) < 4.78 is 20.9. The second kappa shape index (κ2) is 12.6. The summed E-state index contributed by atoms with van der Waals surface area (Å²) in [4.78, 5) is 40.9. The van der Waals surface area contributed by atoms with E-state index in [-0.39, 0.29) is 16.6 Å². The van der Waals surface area contributed by atoms with Crippen molar-refractivity contribution in [3.05, 3.63) is 45.9 Å². The number of hydrogen-bond acceptors (Lipinski definition) is 8. The Morgan fingerprint density at radius 3 is 1.98 bits per heavy atom. The molecule has 44 heavy (non-hydrogen) atoms. The van der Waals surface area contributed by atoms with Crippen LogP contribution in [0, 0.1) is 6.92 Å². The Morgan fingerprint density at radius 2 is 1.45 bits per heavy atom. The van der Waals surface area contributed by atoms with E-state index >= 15 is 0 Å². The van der Waals surface area contributed by atoms with Gasteiger partial charge in [-0.05, 0) is 0 Å². The molecule has 3 rings (SSSR count). The van der Waals surface area contributed by atoms with Gasteiger partial charge in [-0.1, -0.05) is 0 Å². The van der Waals surface area contributed by atoms with Crippen LogP contribution in [0.25, 0.3) is 10.8 Å². The fourth-order valence-corrected chi connectivity index (χ4v) is 9.54. The average Bonchev–Trinajstić information content (AvgIpc) is 3.22. The number of benzene rings is 1.